The van der Waals surface area contributed by atoms with Crippen molar-refractivity contribution in [3.63, 3.8) is 0 Å². The lowest BCUT2D eigenvalue weighted by Gasteiger charge is -2.16. The number of carbonyl (C=O) groups excluding carboxylic acids is 2. The van der Waals surface area contributed by atoms with E-state index in [2.05, 4.69) is 19.9 Å². The van der Waals surface area contributed by atoms with Crippen LogP contribution in [0.2, 0.25) is 0 Å². The molecule has 1 unspecified atom stereocenters. The van der Waals surface area contributed by atoms with Crippen molar-refractivity contribution in [3.8, 4) is 17.1 Å². The third-order valence-electron chi connectivity index (χ3n) is 7.76. The van der Waals surface area contributed by atoms with E-state index in [1.807, 2.05) is 16.4 Å². The largest absolute Gasteiger partial charge is 0.542 e. The van der Waals surface area contributed by atoms with Crippen molar-refractivity contribution in [1.29, 1.82) is 0 Å². The molecule has 2 N–H and O–H groups in total. The number of nitrogens with one attached hydrogen (secondary N) is 2. The van der Waals surface area contributed by atoms with E-state index < -0.39 is 5.97 Å². The van der Waals surface area contributed by atoms with E-state index in [1.54, 1.807) is 48.8 Å². The van der Waals surface area contributed by atoms with E-state index in [-0.39, 0.29) is 35.7 Å². The molecule has 5 aromatic rings. The van der Waals surface area contributed by atoms with Gasteiger partial charge >= 0.3 is 14.0 Å². The fraction of sp³-hybridized carbons (Fsp3) is 0.281. The van der Waals surface area contributed by atoms with Gasteiger partial charge in [0.05, 0.1) is 47.0 Å². The minimum atomic E-state index is -0.537. The lowest BCUT2D eigenvalue weighted by atomic mass is 10.1. The van der Waals surface area contributed by atoms with E-state index in [4.69, 9.17) is 17.8 Å². The molecule has 3 aromatic carbocycles. The molecule has 0 spiro atoms. The Morgan fingerprint density at radius 2 is 1.96 bits per heavy atom. The van der Waals surface area contributed by atoms with E-state index in [9.17, 15) is 18.8 Å². The van der Waals surface area contributed by atoms with Crippen LogP contribution in [0.1, 0.15) is 35.7 Å². The van der Waals surface area contributed by atoms with Crippen LogP contribution in [-0.4, -0.2) is 76.6 Å². The molecule has 1 amide bonds. The van der Waals surface area contributed by atoms with Crippen LogP contribution in [0.5, 0.6) is 5.75 Å². The number of halogens is 1. The summed E-state index contributed by atoms with van der Waals surface area (Å²) in [6.45, 7) is 4.03. The zero-order valence-electron chi connectivity index (χ0n) is 24.6. The first-order chi connectivity index (χ1) is 21.8. The van der Waals surface area contributed by atoms with Crippen LogP contribution in [0.4, 0.5) is 4.39 Å². The van der Waals surface area contributed by atoms with Crippen LogP contribution in [-0.2, 0) is 16.0 Å². The average molecular weight is 608 g/mol. The van der Waals surface area contributed by atoms with Crippen molar-refractivity contribution in [3.05, 3.63) is 88.2 Å². The molecule has 1 aliphatic rings. The summed E-state index contributed by atoms with van der Waals surface area (Å²) in [5.74, 6) is -0.413. The summed E-state index contributed by atoms with van der Waals surface area (Å²) in [5, 5.41) is 3.39. The number of imidazole rings is 1. The van der Waals surface area contributed by atoms with Gasteiger partial charge in [-0.25, -0.2) is 14.4 Å². The molecule has 1 aliphatic heterocycles. The number of benzene rings is 3. The van der Waals surface area contributed by atoms with Crippen molar-refractivity contribution < 1.29 is 23.4 Å². The first-order valence-electron chi connectivity index (χ1n) is 14.6. The van der Waals surface area contributed by atoms with Gasteiger partial charge in [-0.15, -0.1) is 0 Å². The Morgan fingerprint density at radius 1 is 1.13 bits per heavy atom. The zero-order valence-corrected chi connectivity index (χ0v) is 24.6. The second-order valence-corrected chi connectivity index (χ2v) is 11.0. The molecule has 3 heterocycles. The second kappa shape index (κ2) is 12.9. The Kier molecular flexibility index (Phi) is 8.61. The van der Waals surface area contributed by atoms with Gasteiger partial charge in [0.15, 0.2) is 0 Å². The lowest BCUT2D eigenvalue weighted by Crippen LogP contribution is -2.38. The number of fused-ring (bicyclic) bond motifs is 2. The maximum absolute atomic E-state index is 13.4. The van der Waals surface area contributed by atoms with E-state index >= 15 is 0 Å². The van der Waals surface area contributed by atoms with Crippen molar-refractivity contribution in [2.75, 3.05) is 26.2 Å². The molecule has 13 heteroatoms. The van der Waals surface area contributed by atoms with Gasteiger partial charge in [-0.2, -0.15) is 0 Å². The van der Waals surface area contributed by atoms with Gasteiger partial charge in [-0.1, -0.05) is 19.1 Å². The predicted molar refractivity (Wildman–Crippen MR) is 167 cm³/mol. The number of aromatic nitrogens is 4. The van der Waals surface area contributed by atoms with Gasteiger partial charge in [-0.05, 0) is 60.9 Å². The van der Waals surface area contributed by atoms with Crippen LogP contribution >= 0.6 is 0 Å². The Bertz CT molecular complexity index is 1940. The molecule has 2 radical (unpaired) electrons. The quantitative estimate of drug-likeness (QED) is 0.231. The van der Waals surface area contributed by atoms with E-state index in [1.165, 1.54) is 12.1 Å². The summed E-state index contributed by atoms with van der Waals surface area (Å²) in [4.78, 5) is 52.2. The monoisotopic (exact) mass is 608 g/mol. The molecule has 45 heavy (non-hydrogen) atoms. The first kappa shape index (κ1) is 30.0. The highest BCUT2D eigenvalue weighted by atomic mass is 19.1. The highest BCUT2D eigenvalue weighted by Crippen LogP contribution is 2.30. The van der Waals surface area contributed by atoms with Crippen molar-refractivity contribution in [2.45, 2.75) is 32.4 Å². The van der Waals surface area contributed by atoms with Crippen molar-refractivity contribution in [1.82, 2.24) is 29.7 Å². The lowest BCUT2D eigenvalue weighted by molar-refractivity contribution is -0.135. The second-order valence-electron chi connectivity index (χ2n) is 11.0. The van der Waals surface area contributed by atoms with Gasteiger partial charge in [0.1, 0.15) is 17.4 Å². The number of amides is 1. The normalized spacial score (nSPS) is 15.0. The van der Waals surface area contributed by atoms with Gasteiger partial charge < -0.3 is 24.3 Å². The molecular weight excluding hydrogens is 578 g/mol. The molecule has 1 saturated heterocycles. The number of likely N-dealkylation sites (tertiary alicyclic amines) is 1. The Hall–Kier alpha value is -5.04. The summed E-state index contributed by atoms with van der Waals surface area (Å²) < 4.78 is 25.5. The third kappa shape index (κ3) is 6.58. The van der Waals surface area contributed by atoms with Gasteiger partial charge in [-0.3, -0.25) is 19.3 Å². The number of aromatic amines is 1. The van der Waals surface area contributed by atoms with E-state index in [0.29, 0.717) is 66.0 Å². The Balaban J connectivity index is 1.30. The van der Waals surface area contributed by atoms with Gasteiger partial charge in [0, 0.05) is 31.2 Å². The highest BCUT2D eigenvalue weighted by Gasteiger charge is 2.26. The molecule has 0 aliphatic carbocycles. The zero-order chi connectivity index (χ0) is 31.5. The van der Waals surface area contributed by atoms with Crippen molar-refractivity contribution >= 4 is 41.9 Å². The smallest absolute Gasteiger partial charge is 0.378 e. The number of hydrogen-bond acceptors (Lipinski definition) is 8. The summed E-state index contributed by atoms with van der Waals surface area (Å²) in [7, 11) is 4.94. The number of hydrogen-bond donors (Lipinski definition) is 2. The molecule has 2 aromatic heterocycles. The number of rotatable bonds is 10. The summed E-state index contributed by atoms with van der Waals surface area (Å²) in [5.41, 5.74) is 3.19. The molecule has 6 rings (SSSR count). The number of carbonyl (C=O) groups is 2. The third-order valence-corrected chi connectivity index (χ3v) is 7.76. The van der Waals surface area contributed by atoms with Crippen LogP contribution in [0, 0.1) is 5.82 Å². The topological polar surface area (TPSA) is 131 Å². The first-order valence-corrected chi connectivity index (χ1v) is 14.6. The SMILES string of the molecule is [B]OC(=O)CN1CCC(NC(=O)c2ccc(OCCC)c(-c3nc4cc5ncn(Cc6ccc(F)cc6)c5cc4c(=O)[nH]3)c2)C1. The van der Waals surface area contributed by atoms with Crippen LogP contribution in [0.15, 0.2) is 65.7 Å². The average Bonchev–Trinajstić information content (AvgIpc) is 3.65. The number of nitrogens with zero attached hydrogens (tertiary/aromatic N) is 4. The van der Waals surface area contributed by atoms with Crippen LogP contribution in [0.3, 0.4) is 0 Å². The van der Waals surface area contributed by atoms with Gasteiger partial charge in [0.2, 0.25) is 0 Å². The maximum atomic E-state index is 13.4. The van der Waals surface area contributed by atoms with Crippen molar-refractivity contribution in [2.24, 2.45) is 0 Å². The minimum absolute atomic E-state index is 0.0538. The Labute approximate surface area is 258 Å². The molecule has 11 nitrogen and oxygen atoms in total. The summed E-state index contributed by atoms with van der Waals surface area (Å²) >= 11 is 0. The summed E-state index contributed by atoms with van der Waals surface area (Å²) in [6.07, 6.45) is 3.10. The highest BCUT2D eigenvalue weighted by molar-refractivity contribution is 6.05. The van der Waals surface area contributed by atoms with Crippen LogP contribution in [0.25, 0.3) is 33.3 Å². The standard InChI is InChI=1S/C32H30BFN6O5/c1-2-11-44-28-8-5-20(31(42)36-22-9-10-39(16-22)17-29(41)45-33)12-24(28)30-37-25-14-26-27(13-23(25)32(43)38-30)40(18-35-26)15-19-3-6-21(34)7-4-19/h3-8,12-14,18,22H,2,9-11,15-17H2,1H3,(H,36,42)(H,37,38,43). The fourth-order valence-electron chi connectivity index (χ4n) is 5.51. The molecule has 228 valence electrons. The molecular formula is C32H30BFN6O5. The Morgan fingerprint density at radius 3 is 2.73 bits per heavy atom. The van der Waals surface area contributed by atoms with Gasteiger partial charge in [0.25, 0.3) is 11.5 Å². The fourth-order valence-corrected chi connectivity index (χ4v) is 5.51. The van der Waals surface area contributed by atoms with E-state index in [0.717, 1.165) is 17.5 Å². The molecule has 0 bridgehead atoms. The predicted octanol–water partition coefficient (Wildman–Crippen LogP) is 3.35. The minimum Gasteiger partial charge on any atom is -0.542 e. The number of ether oxygens (including phenoxy) is 1. The maximum Gasteiger partial charge on any atom is 0.378 e. The summed E-state index contributed by atoms with van der Waals surface area (Å²) in [6, 6.07) is 14.6. The molecule has 1 fully saturated rings. The molecule has 0 saturated carbocycles. The number of H-pyrrole nitrogens is 1. The molecule has 1 atom stereocenters. The van der Waals surface area contributed by atoms with Crippen LogP contribution < -0.4 is 15.6 Å².